The van der Waals surface area contributed by atoms with Crippen LogP contribution in [0.4, 0.5) is 0 Å². The van der Waals surface area contributed by atoms with Crippen molar-refractivity contribution in [2.45, 2.75) is 25.4 Å². The van der Waals surface area contributed by atoms with E-state index < -0.39 is 0 Å². The average Bonchev–Trinajstić information content (AvgIpc) is 2.98. The van der Waals surface area contributed by atoms with Gasteiger partial charge in [-0.3, -0.25) is 9.78 Å². The van der Waals surface area contributed by atoms with Crippen LogP contribution in [0.5, 0.6) is 0 Å². The standard InChI is InChI=1S/C16H18N2O2/c19-16(17-11-14-5-3-9-20-14)10-13-8-7-12-4-1-2-6-15(12)18-13/h1-2,4,6-8,14H,3,5,9-11H2,(H,17,19). The third-order valence-corrected chi connectivity index (χ3v) is 3.55. The van der Waals surface area contributed by atoms with Gasteiger partial charge in [-0.2, -0.15) is 0 Å². The van der Waals surface area contributed by atoms with E-state index in [4.69, 9.17) is 4.74 Å². The van der Waals surface area contributed by atoms with Crippen LogP contribution in [-0.2, 0) is 16.0 Å². The average molecular weight is 270 g/mol. The molecule has 1 atom stereocenters. The monoisotopic (exact) mass is 270 g/mol. The van der Waals surface area contributed by atoms with Crippen LogP contribution in [0.1, 0.15) is 18.5 Å². The molecule has 2 heterocycles. The van der Waals surface area contributed by atoms with Crippen LogP contribution >= 0.6 is 0 Å². The fourth-order valence-electron chi connectivity index (χ4n) is 2.47. The van der Waals surface area contributed by atoms with E-state index in [1.54, 1.807) is 0 Å². The molecule has 20 heavy (non-hydrogen) atoms. The number of nitrogens with one attached hydrogen (secondary N) is 1. The molecule has 0 bridgehead atoms. The number of pyridine rings is 1. The van der Waals surface area contributed by atoms with E-state index >= 15 is 0 Å². The molecule has 1 aliphatic rings. The Balaban J connectivity index is 1.59. The second-order valence-corrected chi connectivity index (χ2v) is 5.11. The zero-order valence-corrected chi connectivity index (χ0v) is 11.3. The zero-order valence-electron chi connectivity index (χ0n) is 11.3. The number of para-hydroxylation sites is 1. The predicted octanol–water partition coefficient (Wildman–Crippen LogP) is 2.07. The summed E-state index contributed by atoms with van der Waals surface area (Å²) in [6, 6.07) is 11.8. The lowest BCUT2D eigenvalue weighted by Crippen LogP contribution is -2.32. The van der Waals surface area contributed by atoms with E-state index in [1.807, 2.05) is 36.4 Å². The van der Waals surface area contributed by atoms with Crippen molar-refractivity contribution < 1.29 is 9.53 Å². The van der Waals surface area contributed by atoms with Gasteiger partial charge in [-0.15, -0.1) is 0 Å². The number of aromatic nitrogens is 1. The molecule has 4 nitrogen and oxygen atoms in total. The summed E-state index contributed by atoms with van der Waals surface area (Å²) in [5.41, 5.74) is 1.73. The lowest BCUT2D eigenvalue weighted by Gasteiger charge is -2.10. The van der Waals surface area contributed by atoms with Crippen molar-refractivity contribution in [3.05, 3.63) is 42.1 Å². The third-order valence-electron chi connectivity index (χ3n) is 3.55. The topological polar surface area (TPSA) is 51.2 Å². The molecule has 1 saturated heterocycles. The predicted molar refractivity (Wildman–Crippen MR) is 77.4 cm³/mol. The highest BCUT2D eigenvalue weighted by Crippen LogP contribution is 2.12. The van der Waals surface area contributed by atoms with Crippen molar-refractivity contribution in [3.63, 3.8) is 0 Å². The van der Waals surface area contributed by atoms with Crippen LogP contribution in [0.15, 0.2) is 36.4 Å². The lowest BCUT2D eigenvalue weighted by molar-refractivity contribution is -0.121. The number of nitrogens with zero attached hydrogens (tertiary/aromatic N) is 1. The van der Waals surface area contributed by atoms with Crippen LogP contribution in [-0.4, -0.2) is 30.1 Å². The molecule has 1 fully saturated rings. The summed E-state index contributed by atoms with van der Waals surface area (Å²) in [5, 5.41) is 4.01. The first-order valence-corrected chi connectivity index (χ1v) is 7.04. The Morgan fingerprint density at radius 3 is 3.05 bits per heavy atom. The van der Waals surface area contributed by atoms with Crippen molar-refractivity contribution in [2.24, 2.45) is 0 Å². The van der Waals surface area contributed by atoms with Gasteiger partial charge in [-0.05, 0) is 25.0 Å². The van der Waals surface area contributed by atoms with E-state index in [0.29, 0.717) is 13.0 Å². The highest BCUT2D eigenvalue weighted by molar-refractivity contribution is 5.81. The normalized spacial score (nSPS) is 18.3. The Kier molecular flexibility index (Phi) is 3.92. The van der Waals surface area contributed by atoms with E-state index in [-0.39, 0.29) is 12.0 Å². The minimum absolute atomic E-state index is 0.00304. The summed E-state index contributed by atoms with van der Waals surface area (Å²) in [6.45, 7) is 1.42. The molecule has 3 rings (SSSR count). The number of rotatable bonds is 4. The highest BCUT2D eigenvalue weighted by atomic mass is 16.5. The van der Waals surface area contributed by atoms with Gasteiger partial charge in [0.25, 0.3) is 0 Å². The molecule has 0 radical (unpaired) electrons. The first kappa shape index (κ1) is 13.1. The molecule has 0 aliphatic carbocycles. The molecule has 1 aromatic carbocycles. The van der Waals surface area contributed by atoms with Crippen molar-refractivity contribution in [1.82, 2.24) is 10.3 Å². The number of fused-ring (bicyclic) bond motifs is 1. The van der Waals surface area contributed by atoms with Crippen LogP contribution in [0.3, 0.4) is 0 Å². The van der Waals surface area contributed by atoms with E-state index in [1.165, 1.54) is 0 Å². The van der Waals surface area contributed by atoms with Crippen molar-refractivity contribution in [2.75, 3.05) is 13.2 Å². The van der Waals surface area contributed by atoms with Gasteiger partial charge in [0.2, 0.25) is 5.91 Å². The fraction of sp³-hybridized carbons (Fsp3) is 0.375. The van der Waals surface area contributed by atoms with Crippen LogP contribution in [0.2, 0.25) is 0 Å². The summed E-state index contributed by atoms with van der Waals surface area (Å²) in [4.78, 5) is 16.4. The van der Waals surface area contributed by atoms with Gasteiger partial charge < -0.3 is 10.1 Å². The second kappa shape index (κ2) is 6.01. The number of hydrogen-bond donors (Lipinski definition) is 1. The van der Waals surface area contributed by atoms with Crippen LogP contribution in [0, 0.1) is 0 Å². The number of carbonyl (C=O) groups excluding carboxylic acids is 1. The fourth-order valence-corrected chi connectivity index (χ4v) is 2.47. The zero-order chi connectivity index (χ0) is 13.8. The Morgan fingerprint density at radius 2 is 2.20 bits per heavy atom. The van der Waals surface area contributed by atoms with E-state index in [9.17, 15) is 4.79 Å². The summed E-state index contributed by atoms with van der Waals surface area (Å²) >= 11 is 0. The molecule has 104 valence electrons. The Morgan fingerprint density at radius 1 is 1.30 bits per heavy atom. The van der Waals surface area contributed by atoms with Crippen LogP contribution in [0.25, 0.3) is 10.9 Å². The highest BCUT2D eigenvalue weighted by Gasteiger charge is 2.16. The minimum Gasteiger partial charge on any atom is -0.376 e. The van der Waals surface area contributed by atoms with E-state index in [0.717, 1.165) is 36.0 Å². The summed E-state index contributed by atoms with van der Waals surface area (Å²) in [6.07, 6.45) is 2.63. The number of amides is 1. The van der Waals surface area contributed by atoms with Crippen molar-refractivity contribution >= 4 is 16.8 Å². The first-order chi connectivity index (χ1) is 9.81. The van der Waals surface area contributed by atoms with Gasteiger partial charge in [0.1, 0.15) is 0 Å². The molecule has 4 heteroatoms. The molecule has 1 aromatic heterocycles. The third kappa shape index (κ3) is 3.14. The summed E-state index contributed by atoms with van der Waals surface area (Å²) < 4.78 is 5.48. The SMILES string of the molecule is O=C(Cc1ccc2ccccc2n1)NCC1CCCO1. The largest absolute Gasteiger partial charge is 0.376 e. The summed E-state index contributed by atoms with van der Waals surface area (Å²) in [7, 11) is 0. The molecular weight excluding hydrogens is 252 g/mol. The minimum atomic E-state index is 0.00304. The maximum Gasteiger partial charge on any atom is 0.226 e. The van der Waals surface area contributed by atoms with Gasteiger partial charge in [-0.25, -0.2) is 0 Å². The van der Waals surface area contributed by atoms with Crippen molar-refractivity contribution in [1.29, 1.82) is 0 Å². The number of benzene rings is 1. The first-order valence-electron chi connectivity index (χ1n) is 7.04. The van der Waals surface area contributed by atoms with Gasteiger partial charge in [0.15, 0.2) is 0 Å². The Labute approximate surface area is 118 Å². The molecule has 0 spiro atoms. The number of hydrogen-bond acceptors (Lipinski definition) is 3. The molecule has 1 N–H and O–H groups in total. The molecule has 1 aliphatic heterocycles. The molecule has 1 unspecified atom stereocenters. The molecule has 2 aromatic rings. The van der Waals surface area contributed by atoms with Crippen LogP contribution < -0.4 is 5.32 Å². The maximum absolute atomic E-state index is 11.9. The van der Waals surface area contributed by atoms with Gasteiger partial charge in [0.05, 0.1) is 23.7 Å². The Bertz CT molecular complexity index is 606. The van der Waals surface area contributed by atoms with E-state index in [2.05, 4.69) is 10.3 Å². The quantitative estimate of drug-likeness (QED) is 0.925. The molecule has 1 amide bonds. The number of carbonyl (C=O) groups is 1. The second-order valence-electron chi connectivity index (χ2n) is 5.11. The summed E-state index contributed by atoms with van der Waals surface area (Å²) in [5.74, 6) is 0.00304. The number of ether oxygens (including phenoxy) is 1. The van der Waals surface area contributed by atoms with Gasteiger partial charge in [-0.1, -0.05) is 24.3 Å². The molecule has 0 saturated carbocycles. The smallest absolute Gasteiger partial charge is 0.226 e. The van der Waals surface area contributed by atoms with Gasteiger partial charge >= 0.3 is 0 Å². The Hall–Kier alpha value is -1.94. The van der Waals surface area contributed by atoms with Crippen molar-refractivity contribution in [3.8, 4) is 0 Å². The van der Waals surface area contributed by atoms with Gasteiger partial charge in [0, 0.05) is 18.5 Å². The molecular formula is C16H18N2O2. The lowest BCUT2D eigenvalue weighted by atomic mass is 10.1. The maximum atomic E-state index is 11.9.